The van der Waals surface area contributed by atoms with Crippen LogP contribution in [0.2, 0.25) is 0 Å². The van der Waals surface area contributed by atoms with Crippen LogP contribution in [0.5, 0.6) is 0 Å². The summed E-state index contributed by atoms with van der Waals surface area (Å²) < 4.78 is 0. The van der Waals surface area contributed by atoms with E-state index in [2.05, 4.69) is 0 Å². The van der Waals surface area contributed by atoms with Gasteiger partial charge >= 0.3 is 5.97 Å². The van der Waals surface area contributed by atoms with Gasteiger partial charge in [0.15, 0.2) is 0 Å². The van der Waals surface area contributed by atoms with E-state index in [-0.39, 0.29) is 19.0 Å². The standard InChI is InChI=1S/C16H22N2O3/c1-12(2)9-17(11-16(20)21)10-15(19)18-8-7-13-5-3-4-6-14(13)18/h3-6,12H,7-11H2,1-2H3,(H,20,21). The number of rotatable bonds is 6. The molecule has 1 aliphatic rings. The van der Waals surface area contributed by atoms with Crippen LogP contribution in [0.15, 0.2) is 24.3 Å². The predicted molar refractivity (Wildman–Crippen MR) is 81.4 cm³/mol. The van der Waals surface area contributed by atoms with Crippen molar-refractivity contribution in [2.75, 3.05) is 31.1 Å². The lowest BCUT2D eigenvalue weighted by molar-refractivity contribution is -0.138. The summed E-state index contributed by atoms with van der Waals surface area (Å²) in [7, 11) is 0. The van der Waals surface area contributed by atoms with Crippen LogP contribution < -0.4 is 4.90 Å². The molecule has 0 unspecified atom stereocenters. The number of carbonyl (C=O) groups excluding carboxylic acids is 1. The molecule has 0 fully saturated rings. The summed E-state index contributed by atoms with van der Waals surface area (Å²) in [6.45, 7) is 5.38. The van der Waals surface area contributed by atoms with Gasteiger partial charge in [0.2, 0.25) is 5.91 Å². The molecule has 0 saturated heterocycles. The highest BCUT2D eigenvalue weighted by Crippen LogP contribution is 2.27. The number of benzene rings is 1. The maximum Gasteiger partial charge on any atom is 0.317 e. The van der Waals surface area contributed by atoms with E-state index in [1.54, 1.807) is 9.80 Å². The van der Waals surface area contributed by atoms with Gasteiger partial charge in [0.1, 0.15) is 0 Å². The van der Waals surface area contributed by atoms with E-state index in [9.17, 15) is 9.59 Å². The quantitative estimate of drug-likeness (QED) is 0.865. The Hall–Kier alpha value is -1.88. The number of anilines is 1. The fourth-order valence-electron chi connectivity index (χ4n) is 2.77. The zero-order valence-electron chi connectivity index (χ0n) is 12.6. The number of hydrogen-bond acceptors (Lipinski definition) is 3. The number of fused-ring (bicyclic) bond motifs is 1. The van der Waals surface area contributed by atoms with Gasteiger partial charge in [-0.15, -0.1) is 0 Å². The smallest absolute Gasteiger partial charge is 0.317 e. The minimum Gasteiger partial charge on any atom is -0.480 e. The van der Waals surface area contributed by atoms with Gasteiger partial charge in [0.05, 0.1) is 13.1 Å². The van der Waals surface area contributed by atoms with E-state index in [0.29, 0.717) is 19.0 Å². The van der Waals surface area contributed by atoms with Crippen molar-refractivity contribution in [2.45, 2.75) is 20.3 Å². The first-order valence-corrected chi connectivity index (χ1v) is 7.29. The molecule has 2 rings (SSSR count). The normalized spacial score (nSPS) is 13.8. The summed E-state index contributed by atoms with van der Waals surface area (Å²) in [4.78, 5) is 26.9. The van der Waals surface area contributed by atoms with E-state index in [1.807, 2.05) is 38.1 Å². The van der Waals surface area contributed by atoms with Crippen LogP contribution in [-0.4, -0.2) is 48.1 Å². The molecule has 1 N–H and O–H groups in total. The second-order valence-corrected chi connectivity index (χ2v) is 5.88. The maximum atomic E-state index is 12.5. The van der Waals surface area contributed by atoms with Gasteiger partial charge in [0.25, 0.3) is 0 Å². The number of hydrogen-bond donors (Lipinski definition) is 1. The molecule has 0 atom stereocenters. The summed E-state index contributed by atoms with van der Waals surface area (Å²) in [6, 6.07) is 7.88. The fourth-order valence-corrected chi connectivity index (χ4v) is 2.77. The van der Waals surface area contributed by atoms with Crippen LogP contribution >= 0.6 is 0 Å². The number of carboxylic acid groups (broad SMARTS) is 1. The molecule has 0 saturated carbocycles. The van der Waals surface area contributed by atoms with Gasteiger partial charge in [-0.25, -0.2) is 0 Å². The third-order valence-electron chi connectivity index (χ3n) is 3.53. The number of nitrogens with zero attached hydrogens (tertiary/aromatic N) is 2. The van der Waals surface area contributed by atoms with Crippen molar-refractivity contribution in [3.05, 3.63) is 29.8 Å². The number of carbonyl (C=O) groups is 2. The largest absolute Gasteiger partial charge is 0.480 e. The summed E-state index contributed by atoms with van der Waals surface area (Å²) in [5.74, 6) is -0.602. The molecule has 1 aromatic rings. The average molecular weight is 290 g/mol. The topological polar surface area (TPSA) is 60.9 Å². The van der Waals surface area contributed by atoms with E-state index in [1.165, 1.54) is 5.56 Å². The van der Waals surface area contributed by atoms with Gasteiger partial charge in [-0.3, -0.25) is 14.5 Å². The Morgan fingerprint density at radius 3 is 2.67 bits per heavy atom. The summed E-state index contributed by atoms with van der Waals surface area (Å²) >= 11 is 0. The molecule has 0 radical (unpaired) electrons. The van der Waals surface area contributed by atoms with Gasteiger partial charge in [-0.05, 0) is 24.0 Å². The van der Waals surface area contributed by atoms with E-state index < -0.39 is 5.97 Å². The molecule has 5 nitrogen and oxygen atoms in total. The van der Waals surface area contributed by atoms with Gasteiger partial charge < -0.3 is 10.0 Å². The van der Waals surface area contributed by atoms with Crippen LogP contribution in [0.3, 0.4) is 0 Å². The second kappa shape index (κ2) is 6.72. The first-order chi connectivity index (χ1) is 9.97. The highest BCUT2D eigenvalue weighted by atomic mass is 16.4. The van der Waals surface area contributed by atoms with Crippen molar-refractivity contribution in [1.82, 2.24) is 4.90 Å². The van der Waals surface area contributed by atoms with Crippen LogP contribution in [0, 0.1) is 5.92 Å². The number of carboxylic acids is 1. The molecule has 1 aliphatic heterocycles. The maximum absolute atomic E-state index is 12.5. The average Bonchev–Trinajstić information content (AvgIpc) is 2.80. The molecular formula is C16H22N2O3. The van der Waals surface area contributed by atoms with E-state index in [4.69, 9.17) is 5.11 Å². The highest BCUT2D eigenvalue weighted by Gasteiger charge is 2.26. The summed E-state index contributed by atoms with van der Waals surface area (Å²) in [6.07, 6.45) is 0.866. The lowest BCUT2D eigenvalue weighted by atomic mass is 10.2. The summed E-state index contributed by atoms with van der Waals surface area (Å²) in [5.41, 5.74) is 2.14. The summed E-state index contributed by atoms with van der Waals surface area (Å²) in [5, 5.41) is 8.97. The van der Waals surface area contributed by atoms with Crippen molar-refractivity contribution < 1.29 is 14.7 Å². The molecule has 1 aromatic carbocycles. The van der Waals surface area contributed by atoms with Crippen LogP contribution in [0.4, 0.5) is 5.69 Å². The van der Waals surface area contributed by atoms with E-state index in [0.717, 1.165) is 12.1 Å². The Morgan fingerprint density at radius 1 is 1.29 bits per heavy atom. The first-order valence-electron chi connectivity index (χ1n) is 7.29. The highest BCUT2D eigenvalue weighted by molar-refractivity contribution is 5.96. The molecule has 0 spiro atoms. The Kier molecular flexibility index (Phi) is 4.96. The lowest BCUT2D eigenvalue weighted by Crippen LogP contribution is -2.43. The van der Waals surface area contributed by atoms with Crippen molar-refractivity contribution in [2.24, 2.45) is 5.92 Å². The Morgan fingerprint density at radius 2 is 2.00 bits per heavy atom. The number of amides is 1. The molecule has 0 aromatic heterocycles. The molecule has 114 valence electrons. The van der Waals surface area contributed by atoms with Crippen LogP contribution in [-0.2, 0) is 16.0 Å². The predicted octanol–water partition coefficient (Wildman–Crippen LogP) is 1.62. The monoisotopic (exact) mass is 290 g/mol. The molecule has 1 heterocycles. The fraction of sp³-hybridized carbons (Fsp3) is 0.500. The third kappa shape index (κ3) is 4.04. The Bertz CT molecular complexity index is 528. The SMILES string of the molecule is CC(C)CN(CC(=O)O)CC(=O)N1CCc2ccccc21. The minimum absolute atomic E-state index is 0.0261. The number of para-hydroxylation sites is 1. The first kappa shape index (κ1) is 15.5. The van der Waals surface area contributed by atoms with Crippen molar-refractivity contribution in [3.63, 3.8) is 0 Å². The van der Waals surface area contributed by atoms with Crippen molar-refractivity contribution in [1.29, 1.82) is 0 Å². The third-order valence-corrected chi connectivity index (χ3v) is 3.53. The molecular weight excluding hydrogens is 268 g/mol. The van der Waals surface area contributed by atoms with Gasteiger partial charge in [-0.2, -0.15) is 0 Å². The van der Waals surface area contributed by atoms with E-state index >= 15 is 0 Å². The van der Waals surface area contributed by atoms with Crippen molar-refractivity contribution in [3.8, 4) is 0 Å². The number of aliphatic carboxylic acids is 1. The van der Waals surface area contributed by atoms with Crippen LogP contribution in [0.1, 0.15) is 19.4 Å². The zero-order valence-corrected chi connectivity index (χ0v) is 12.6. The van der Waals surface area contributed by atoms with Gasteiger partial charge in [0, 0.05) is 18.8 Å². The molecule has 0 aliphatic carbocycles. The zero-order chi connectivity index (χ0) is 15.4. The molecule has 1 amide bonds. The van der Waals surface area contributed by atoms with Crippen molar-refractivity contribution >= 4 is 17.6 Å². The van der Waals surface area contributed by atoms with Gasteiger partial charge in [-0.1, -0.05) is 32.0 Å². The molecule has 0 bridgehead atoms. The molecule has 5 heteroatoms. The minimum atomic E-state index is -0.898. The molecule has 21 heavy (non-hydrogen) atoms. The van der Waals surface area contributed by atoms with Crippen LogP contribution in [0.25, 0.3) is 0 Å². The Balaban J connectivity index is 2.04. The second-order valence-electron chi connectivity index (χ2n) is 5.88. The lowest BCUT2D eigenvalue weighted by Gasteiger charge is -2.25. The Labute approximate surface area is 125 Å².